The number of hydrogen-bond donors (Lipinski definition) is 0. The molecule has 2 heterocycles. The zero-order chi connectivity index (χ0) is 11.4. The zero-order valence-corrected chi connectivity index (χ0v) is 10.6. The highest BCUT2D eigenvalue weighted by atomic mass is 35.5. The summed E-state index contributed by atoms with van der Waals surface area (Å²) in [5.41, 5.74) is 0. The minimum Gasteiger partial charge on any atom is -0.199 e. The van der Waals surface area contributed by atoms with E-state index in [0.29, 0.717) is 10.9 Å². The molecule has 0 spiro atoms. The fourth-order valence-corrected chi connectivity index (χ4v) is 2.64. The molecule has 0 N–H and O–H groups in total. The van der Waals surface area contributed by atoms with E-state index < -0.39 is 0 Å². The van der Waals surface area contributed by atoms with Gasteiger partial charge in [0, 0.05) is 6.07 Å². The molecule has 2 aromatic rings. The van der Waals surface area contributed by atoms with Crippen LogP contribution >= 0.6 is 23.4 Å². The molecule has 0 fully saturated rings. The molecule has 86 valence electrons. The van der Waals surface area contributed by atoms with E-state index in [1.165, 1.54) is 25.6 Å². The van der Waals surface area contributed by atoms with Gasteiger partial charge >= 0.3 is 0 Å². The number of nitrogens with zero attached hydrogens (tertiary/aromatic N) is 4. The first-order valence-electron chi connectivity index (χ1n) is 5.30. The predicted molar refractivity (Wildman–Crippen MR) is 66.0 cm³/mol. The fraction of sp³-hybridized carbons (Fsp3) is 0.500. The highest BCUT2D eigenvalue weighted by molar-refractivity contribution is 7.99. The number of thioether (sulfide) groups is 1. The summed E-state index contributed by atoms with van der Waals surface area (Å²) in [4.78, 5) is 8.11. The summed E-state index contributed by atoms with van der Waals surface area (Å²) in [6.45, 7) is 2.20. The number of unbranched alkanes of at least 4 members (excludes halogenated alkanes) is 2. The van der Waals surface area contributed by atoms with E-state index in [0.717, 1.165) is 10.8 Å². The number of rotatable bonds is 5. The molecule has 0 aromatic carbocycles. The van der Waals surface area contributed by atoms with E-state index in [9.17, 15) is 0 Å². The largest absolute Gasteiger partial charge is 0.254 e. The maximum absolute atomic E-state index is 5.92. The summed E-state index contributed by atoms with van der Waals surface area (Å²) in [5.74, 6) is 1.63. The van der Waals surface area contributed by atoms with Gasteiger partial charge in [-0.2, -0.15) is 19.6 Å². The van der Waals surface area contributed by atoms with Gasteiger partial charge in [0.2, 0.25) is 0 Å². The lowest BCUT2D eigenvalue weighted by atomic mass is 10.3. The molecule has 0 unspecified atom stereocenters. The van der Waals surface area contributed by atoms with Crippen LogP contribution in [-0.4, -0.2) is 25.3 Å². The second-order valence-corrected chi connectivity index (χ2v) is 4.95. The molecule has 6 heteroatoms. The van der Waals surface area contributed by atoms with Crippen molar-refractivity contribution in [3.63, 3.8) is 0 Å². The van der Waals surface area contributed by atoms with Gasteiger partial charge < -0.3 is 0 Å². The Balaban J connectivity index is 2.12. The zero-order valence-electron chi connectivity index (χ0n) is 9.06. The molecule has 0 amide bonds. The van der Waals surface area contributed by atoms with Crippen molar-refractivity contribution in [1.82, 2.24) is 19.6 Å². The third kappa shape index (κ3) is 2.65. The lowest BCUT2D eigenvalue weighted by molar-refractivity contribution is 0.775. The van der Waals surface area contributed by atoms with Crippen LogP contribution in [0.3, 0.4) is 0 Å². The molecular weight excluding hydrogens is 244 g/mol. The van der Waals surface area contributed by atoms with Crippen molar-refractivity contribution >= 4 is 29.1 Å². The maximum Gasteiger partial charge on any atom is 0.254 e. The molecule has 4 nitrogen and oxygen atoms in total. The van der Waals surface area contributed by atoms with E-state index in [4.69, 9.17) is 11.6 Å². The topological polar surface area (TPSA) is 43.1 Å². The van der Waals surface area contributed by atoms with Gasteiger partial charge in [-0.1, -0.05) is 31.4 Å². The van der Waals surface area contributed by atoms with E-state index in [1.807, 2.05) is 6.07 Å². The van der Waals surface area contributed by atoms with Crippen molar-refractivity contribution in [2.24, 2.45) is 0 Å². The van der Waals surface area contributed by atoms with Crippen molar-refractivity contribution in [1.29, 1.82) is 0 Å². The average molecular weight is 257 g/mol. The number of hydrogen-bond acceptors (Lipinski definition) is 4. The van der Waals surface area contributed by atoms with Crippen molar-refractivity contribution in [3.8, 4) is 0 Å². The first-order valence-corrected chi connectivity index (χ1v) is 6.66. The molecule has 0 aliphatic heterocycles. The van der Waals surface area contributed by atoms with Crippen molar-refractivity contribution in [3.05, 3.63) is 17.5 Å². The molecule has 0 atom stereocenters. The average Bonchev–Trinajstić information content (AvgIpc) is 2.72. The quantitative estimate of drug-likeness (QED) is 0.469. The molecule has 0 saturated carbocycles. The van der Waals surface area contributed by atoms with Gasteiger partial charge in [0.25, 0.3) is 5.78 Å². The number of halogens is 1. The minimum absolute atomic E-state index is 0.471. The third-order valence-electron chi connectivity index (χ3n) is 2.19. The van der Waals surface area contributed by atoms with Gasteiger partial charge in [-0.05, 0) is 12.2 Å². The van der Waals surface area contributed by atoms with Crippen LogP contribution in [0, 0.1) is 0 Å². The van der Waals surface area contributed by atoms with Gasteiger partial charge in [0.1, 0.15) is 16.5 Å². The molecule has 0 aliphatic carbocycles. The SMILES string of the molecule is CCCCCSc1cc(Cl)nc2ncnn12. The van der Waals surface area contributed by atoms with Crippen LogP contribution in [0.2, 0.25) is 5.15 Å². The smallest absolute Gasteiger partial charge is 0.199 e. The molecule has 0 saturated heterocycles. The summed E-state index contributed by atoms with van der Waals surface area (Å²) in [5, 5.41) is 5.60. The van der Waals surface area contributed by atoms with Crippen LogP contribution in [0.15, 0.2) is 17.4 Å². The lowest BCUT2D eigenvalue weighted by Gasteiger charge is -2.03. The fourth-order valence-electron chi connectivity index (χ4n) is 1.39. The summed E-state index contributed by atoms with van der Waals surface area (Å²) >= 11 is 7.66. The van der Waals surface area contributed by atoms with E-state index in [-0.39, 0.29) is 0 Å². The van der Waals surface area contributed by atoms with Crippen LogP contribution < -0.4 is 0 Å². The maximum atomic E-state index is 5.92. The van der Waals surface area contributed by atoms with E-state index in [1.54, 1.807) is 16.3 Å². The van der Waals surface area contributed by atoms with Crippen molar-refractivity contribution < 1.29 is 0 Å². The highest BCUT2D eigenvalue weighted by Crippen LogP contribution is 2.22. The highest BCUT2D eigenvalue weighted by Gasteiger charge is 2.06. The van der Waals surface area contributed by atoms with Crippen LogP contribution in [-0.2, 0) is 0 Å². The second-order valence-electron chi connectivity index (χ2n) is 3.44. The molecule has 0 radical (unpaired) electrons. The Hall–Kier alpha value is -0.810. The Kier molecular flexibility index (Phi) is 4.01. The first kappa shape index (κ1) is 11.7. The third-order valence-corrected chi connectivity index (χ3v) is 3.46. The van der Waals surface area contributed by atoms with Crippen molar-refractivity contribution in [2.75, 3.05) is 5.75 Å². The van der Waals surface area contributed by atoms with E-state index in [2.05, 4.69) is 22.0 Å². The van der Waals surface area contributed by atoms with Crippen LogP contribution in [0.25, 0.3) is 5.78 Å². The molecule has 2 rings (SSSR count). The van der Waals surface area contributed by atoms with E-state index >= 15 is 0 Å². The van der Waals surface area contributed by atoms with Crippen LogP contribution in [0.1, 0.15) is 26.2 Å². The summed E-state index contributed by atoms with van der Waals surface area (Å²) in [6, 6.07) is 1.83. The van der Waals surface area contributed by atoms with Gasteiger partial charge in [0.05, 0.1) is 0 Å². The standard InChI is InChI=1S/C10H13ClN4S/c1-2-3-4-5-16-9-6-8(11)14-10-12-7-13-15(9)10/h6-7H,2-5H2,1H3. The lowest BCUT2D eigenvalue weighted by Crippen LogP contribution is -1.96. The minimum atomic E-state index is 0.471. The molecule has 0 aliphatic rings. The molecular formula is C10H13ClN4S. The Morgan fingerprint density at radius 3 is 3.12 bits per heavy atom. The Labute approximate surface area is 103 Å². The molecule has 0 bridgehead atoms. The van der Waals surface area contributed by atoms with Gasteiger partial charge in [-0.3, -0.25) is 0 Å². The first-order chi connectivity index (χ1) is 7.81. The van der Waals surface area contributed by atoms with Gasteiger partial charge in [-0.15, -0.1) is 11.8 Å². The Morgan fingerprint density at radius 1 is 1.44 bits per heavy atom. The molecule has 2 aromatic heterocycles. The monoisotopic (exact) mass is 256 g/mol. The normalized spacial score (nSPS) is 11.1. The molecule has 16 heavy (non-hydrogen) atoms. The number of fused-ring (bicyclic) bond motifs is 1. The van der Waals surface area contributed by atoms with Gasteiger partial charge in [-0.25, -0.2) is 0 Å². The van der Waals surface area contributed by atoms with Crippen molar-refractivity contribution in [2.45, 2.75) is 31.2 Å². The number of aromatic nitrogens is 4. The van der Waals surface area contributed by atoms with Gasteiger partial charge in [0.15, 0.2) is 0 Å². The van der Waals surface area contributed by atoms with Crippen LogP contribution in [0.4, 0.5) is 0 Å². The Bertz CT molecular complexity index is 471. The predicted octanol–water partition coefficient (Wildman–Crippen LogP) is 3.06. The summed E-state index contributed by atoms with van der Waals surface area (Å²) in [7, 11) is 0. The second kappa shape index (κ2) is 5.50. The van der Waals surface area contributed by atoms with Crippen LogP contribution in [0.5, 0.6) is 0 Å². The summed E-state index contributed by atoms with van der Waals surface area (Å²) < 4.78 is 1.72. The Morgan fingerprint density at radius 2 is 2.31 bits per heavy atom. The summed E-state index contributed by atoms with van der Waals surface area (Å²) in [6.07, 6.45) is 5.19.